The molecule has 2 aromatic rings. The molecular weight excluding hydrogens is 200 g/mol. The van der Waals surface area contributed by atoms with Crippen LogP contribution in [0.2, 0.25) is 0 Å². The number of benzene rings is 1. The molecule has 0 amide bonds. The van der Waals surface area contributed by atoms with Crippen LogP contribution in [0.25, 0.3) is 11.0 Å². The fourth-order valence-electron chi connectivity index (χ4n) is 1.55. The van der Waals surface area contributed by atoms with Crippen LogP contribution in [0.1, 0.15) is 32.8 Å². The summed E-state index contributed by atoms with van der Waals surface area (Å²) in [5, 5.41) is 0.976. The van der Waals surface area contributed by atoms with Crippen LogP contribution in [-0.2, 0) is 6.42 Å². The summed E-state index contributed by atoms with van der Waals surface area (Å²) >= 11 is 0. The first-order chi connectivity index (χ1) is 7.79. The lowest BCUT2D eigenvalue weighted by Gasteiger charge is -2.00. The highest BCUT2D eigenvalue weighted by Crippen LogP contribution is 2.14. The summed E-state index contributed by atoms with van der Waals surface area (Å²) in [6.07, 6.45) is 2.12. The summed E-state index contributed by atoms with van der Waals surface area (Å²) in [5.74, 6) is 0. The van der Waals surface area contributed by atoms with Crippen LogP contribution in [0, 0.1) is 0 Å². The van der Waals surface area contributed by atoms with E-state index in [-0.39, 0.29) is 5.63 Å². The third-order valence-electron chi connectivity index (χ3n) is 2.23. The Morgan fingerprint density at radius 2 is 1.81 bits per heavy atom. The zero-order valence-electron chi connectivity index (χ0n) is 10.1. The van der Waals surface area contributed by atoms with Gasteiger partial charge in [-0.15, -0.1) is 0 Å². The van der Waals surface area contributed by atoms with Crippen LogP contribution in [-0.4, -0.2) is 0 Å². The van der Waals surface area contributed by atoms with E-state index < -0.39 is 0 Å². The summed E-state index contributed by atoms with van der Waals surface area (Å²) < 4.78 is 5.09. The first-order valence-electron chi connectivity index (χ1n) is 5.82. The fourth-order valence-corrected chi connectivity index (χ4v) is 1.55. The van der Waals surface area contributed by atoms with Gasteiger partial charge in [0.15, 0.2) is 0 Å². The third kappa shape index (κ3) is 2.96. The van der Waals surface area contributed by atoms with Crippen molar-refractivity contribution in [1.29, 1.82) is 0 Å². The molecule has 0 aliphatic heterocycles. The summed E-state index contributed by atoms with van der Waals surface area (Å²) in [5.41, 5.74) is 1.61. The van der Waals surface area contributed by atoms with Gasteiger partial charge in [0.05, 0.1) is 0 Å². The topological polar surface area (TPSA) is 30.2 Å². The third-order valence-corrected chi connectivity index (χ3v) is 2.23. The second kappa shape index (κ2) is 6.11. The maximum atomic E-state index is 11.0. The predicted molar refractivity (Wildman–Crippen MR) is 67.8 cm³/mol. The Morgan fingerprint density at radius 3 is 2.50 bits per heavy atom. The van der Waals surface area contributed by atoms with Crippen molar-refractivity contribution in [3.8, 4) is 0 Å². The molecule has 0 aliphatic rings. The van der Waals surface area contributed by atoms with Crippen LogP contribution in [0.4, 0.5) is 0 Å². The van der Waals surface area contributed by atoms with Gasteiger partial charge in [-0.2, -0.15) is 0 Å². The molecule has 0 atom stereocenters. The quantitative estimate of drug-likeness (QED) is 0.718. The van der Waals surface area contributed by atoms with E-state index in [1.165, 1.54) is 11.6 Å². The van der Waals surface area contributed by atoms with Crippen molar-refractivity contribution in [2.24, 2.45) is 0 Å². The van der Waals surface area contributed by atoms with Crippen molar-refractivity contribution in [3.63, 3.8) is 0 Å². The number of hydrogen-bond acceptors (Lipinski definition) is 2. The SMILES string of the molecule is CC.CCCc1ccc2ccc(=O)oc2c1. The van der Waals surface area contributed by atoms with Gasteiger partial charge < -0.3 is 4.42 Å². The highest BCUT2D eigenvalue weighted by atomic mass is 16.4. The smallest absolute Gasteiger partial charge is 0.336 e. The fraction of sp³-hybridized carbons (Fsp3) is 0.357. The van der Waals surface area contributed by atoms with Crippen molar-refractivity contribution in [1.82, 2.24) is 0 Å². The molecule has 1 aromatic heterocycles. The van der Waals surface area contributed by atoms with Gasteiger partial charge in [-0.05, 0) is 24.1 Å². The lowest BCUT2D eigenvalue weighted by molar-refractivity contribution is 0.560. The van der Waals surface area contributed by atoms with E-state index in [2.05, 4.69) is 13.0 Å². The molecule has 0 aliphatic carbocycles. The van der Waals surface area contributed by atoms with Gasteiger partial charge >= 0.3 is 5.63 Å². The van der Waals surface area contributed by atoms with Crippen LogP contribution in [0.5, 0.6) is 0 Å². The van der Waals surface area contributed by atoms with Gasteiger partial charge in [0.2, 0.25) is 0 Å². The lowest BCUT2D eigenvalue weighted by Crippen LogP contribution is -1.94. The molecule has 0 radical (unpaired) electrons. The number of fused-ring (bicyclic) bond motifs is 1. The molecule has 2 rings (SSSR count). The van der Waals surface area contributed by atoms with E-state index in [0.717, 1.165) is 18.2 Å². The summed E-state index contributed by atoms with van der Waals surface area (Å²) in [6, 6.07) is 9.24. The van der Waals surface area contributed by atoms with Crippen molar-refractivity contribution in [2.45, 2.75) is 33.6 Å². The van der Waals surface area contributed by atoms with Gasteiger partial charge in [-0.25, -0.2) is 4.79 Å². The molecule has 86 valence electrons. The Hall–Kier alpha value is -1.57. The van der Waals surface area contributed by atoms with E-state index in [0.29, 0.717) is 5.58 Å². The average Bonchev–Trinajstić information content (AvgIpc) is 2.31. The van der Waals surface area contributed by atoms with Crippen LogP contribution >= 0.6 is 0 Å². The molecule has 0 unspecified atom stereocenters. The van der Waals surface area contributed by atoms with E-state index >= 15 is 0 Å². The van der Waals surface area contributed by atoms with Gasteiger partial charge in [-0.1, -0.05) is 39.3 Å². The minimum atomic E-state index is -0.286. The van der Waals surface area contributed by atoms with Crippen LogP contribution in [0.3, 0.4) is 0 Å². The van der Waals surface area contributed by atoms with Crippen molar-refractivity contribution in [3.05, 3.63) is 46.3 Å². The van der Waals surface area contributed by atoms with Gasteiger partial charge in [0.1, 0.15) is 5.58 Å². The minimum Gasteiger partial charge on any atom is -0.423 e. The monoisotopic (exact) mass is 218 g/mol. The predicted octanol–water partition coefficient (Wildman–Crippen LogP) is 3.77. The Labute approximate surface area is 95.9 Å². The number of aryl methyl sites for hydroxylation is 1. The van der Waals surface area contributed by atoms with Gasteiger partial charge in [0, 0.05) is 11.5 Å². The Morgan fingerprint density at radius 1 is 1.12 bits per heavy atom. The molecule has 2 nitrogen and oxygen atoms in total. The first-order valence-corrected chi connectivity index (χ1v) is 5.82. The highest BCUT2D eigenvalue weighted by Gasteiger charge is 1.98. The van der Waals surface area contributed by atoms with Crippen molar-refractivity contribution in [2.75, 3.05) is 0 Å². The van der Waals surface area contributed by atoms with Gasteiger partial charge in [0.25, 0.3) is 0 Å². The molecule has 16 heavy (non-hydrogen) atoms. The van der Waals surface area contributed by atoms with Crippen molar-refractivity contribution < 1.29 is 4.42 Å². The molecule has 0 fully saturated rings. The molecular formula is C14H18O2. The highest BCUT2D eigenvalue weighted by molar-refractivity contribution is 5.76. The Bertz CT molecular complexity index is 497. The van der Waals surface area contributed by atoms with Crippen molar-refractivity contribution >= 4 is 11.0 Å². The zero-order valence-corrected chi connectivity index (χ0v) is 10.1. The maximum Gasteiger partial charge on any atom is 0.336 e. The molecule has 2 heteroatoms. The largest absolute Gasteiger partial charge is 0.423 e. The average molecular weight is 218 g/mol. The van der Waals surface area contributed by atoms with E-state index in [4.69, 9.17) is 4.42 Å². The molecule has 1 aromatic carbocycles. The van der Waals surface area contributed by atoms with Crippen LogP contribution < -0.4 is 5.63 Å². The van der Waals surface area contributed by atoms with E-state index in [1.807, 2.05) is 26.0 Å². The summed E-state index contributed by atoms with van der Waals surface area (Å²) in [6.45, 7) is 6.13. The second-order valence-electron chi connectivity index (χ2n) is 3.38. The maximum absolute atomic E-state index is 11.0. The van der Waals surface area contributed by atoms with Crippen LogP contribution in [0.15, 0.2) is 39.5 Å². The molecule has 1 heterocycles. The summed E-state index contributed by atoms with van der Waals surface area (Å²) in [7, 11) is 0. The first kappa shape index (κ1) is 12.5. The van der Waals surface area contributed by atoms with E-state index in [1.54, 1.807) is 6.07 Å². The molecule has 0 saturated heterocycles. The minimum absolute atomic E-state index is 0.286. The molecule has 0 spiro atoms. The Balaban J connectivity index is 0.000000606. The number of rotatable bonds is 2. The lowest BCUT2D eigenvalue weighted by atomic mass is 10.1. The Kier molecular flexibility index (Phi) is 4.77. The molecule has 0 N–H and O–H groups in total. The standard InChI is InChI=1S/C12H12O2.C2H6/c1-2-3-9-4-5-10-6-7-12(13)14-11(10)8-9;1-2/h4-8H,2-3H2,1H3;1-2H3. The summed E-state index contributed by atoms with van der Waals surface area (Å²) in [4.78, 5) is 11.0. The zero-order chi connectivity index (χ0) is 12.0. The normalized spacial score (nSPS) is 9.69. The second-order valence-corrected chi connectivity index (χ2v) is 3.38. The number of hydrogen-bond donors (Lipinski definition) is 0. The molecule has 0 saturated carbocycles. The van der Waals surface area contributed by atoms with E-state index in [9.17, 15) is 4.79 Å². The molecule has 0 bridgehead atoms. The van der Waals surface area contributed by atoms with Gasteiger partial charge in [-0.3, -0.25) is 0 Å².